The Hall–Kier alpha value is -4.40. The van der Waals surface area contributed by atoms with E-state index in [-0.39, 0.29) is 17.0 Å². The Kier molecular flexibility index (Phi) is 4.77. The summed E-state index contributed by atoms with van der Waals surface area (Å²) in [6.07, 6.45) is 2.75. The molecule has 2 heterocycles. The standard InChI is InChI=1S/C21H13FN4O4/c22-16-3-1-2-15(10-16)21(28)25-9-7-13-11-17(4-5-18(13)25)24-20(27)14-6-8-23-19(12-14)26(29)30/h1-12H,(H,24,27). The van der Waals surface area contributed by atoms with Gasteiger partial charge in [0.05, 0.1) is 11.1 Å². The number of rotatable bonds is 4. The second-order valence-corrected chi connectivity index (χ2v) is 6.39. The SMILES string of the molecule is O=C(Nc1ccc2c(ccn2C(=O)c2cccc(F)c2)c1)c1ccnc([N+](=O)[O-])c1. The lowest BCUT2D eigenvalue weighted by atomic mass is 10.2. The molecule has 0 atom stereocenters. The zero-order chi connectivity index (χ0) is 21.3. The van der Waals surface area contributed by atoms with E-state index in [1.807, 2.05) is 0 Å². The zero-order valence-corrected chi connectivity index (χ0v) is 15.3. The Balaban J connectivity index is 1.59. The molecule has 30 heavy (non-hydrogen) atoms. The minimum Gasteiger partial charge on any atom is -0.358 e. The summed E-state index contributed by atoms with van der Waals surface area (Å²) in [7, 11) is 0. The number of hydrogen-bond acceptors (Lipinski definition) is 5. The number of aromatic nitrogens is 2. The van der Waals surface area contributed by atoms with Crippen molar-refractivity contribution in [3.8, 4) is 0 Å². The average Bonchev–Trinajstić information content (AvgIpc) is 3.16. The molecule has 2 aromatic heterocycles. The van der Waals surface area contributed by atoms with Crippen LogP contribution < -0.4 is 5.32 Å². The number of nitro groups is 1. The summed E-state index contributed by atoms with van der Waals surface area (Å²) in [5.41, 5.74) is 1.34. The van der Waals surface area contributed by atoms with Crippen LogP contribution in [0.2, 0.25) is 0 Å². The topological polar surface area (TPSA) is 107 Å². The van der Waals surface area contributed by atoms with Crippen molar-refractivity contribution < 1.29 is 18.9 Å². The molecule has 0 saturated carbocycles. The summed E-state index contributed by atoms with van der Waals surface area (Å²) >= 11 is 0. The van der Waals surface area contributed by atoms with Crippen LogP contribution in [0.15, 0.2) is 73.1 Å². The van der Waals surface area contributed by atoms with Gasteiger partial charge in [-0.3, -0.25) is 14.2 Å². The molecule has 8 nitrogen and oxygen atoms in total. The predicted molar refractivity (Wildman–Crippen MR) is 107 cm³/mol. The third-order valence-corrected chi connectivity index (χ3v) is 4.43. The number of halogens is 1. The minimum atomic E-state index is -0.679. The molecule has 1 N–H and O–H groups in total. The fraction of sp³-hybridized carbons (Fsp3) is 0. The lowest BCUT2D eigenvalue weighted by molar-refractivity contribution is -0.389. The van der Waals surface area contributed by atoms with Crippen molar-refractivity contribution >= 4 is 34.2 Å². The van der Waals surface area contributed by atoms with E-state index in [2.05, 4.69) is 10.3 Å². The highest BCUT2D eigenvalue weighted by Gasteiger charge is 2.15. The summed E-state index contributed by atoms with van der Waals surface area (Å²) < 4.78 is 14.8. The fourth-order valence-electron chi connectivity index (χ4n) is 3.02. The molecule has 0 aliphatic carbocycles. The second kappa shape index (κ2) is 7.55. The lowest BCUT2D eigenvalue weighted by Gasteiger charge is -2.07. The quantitative estimate of drug-likeness (QED) is 0.408. The van der Waals surface area contributed by atoms with Crippen molar-refractivity contribution in [2.75, 3.05) is 5.32 Å². The number of nitrogens with zero attached hydrogens (tertiary/aromatic N) is 3. The van der Waals surface area contributed by atoms with E-state index in [1.165, 1.54) is 35.0 Å². The van der Waals surface area contributed by atoms with Crippen LogP contribution in [0.1, 0.15) is 20.7 Å². The number of anilines is 1. The smallest absolute Gasteiger partial charge is 0.358 e. The van der Waals surface area contributed by atoms with Crippen LogP contribution in [-0.4, -0.2) is 26.3 Å². The minimum absolute atomic E-state index is 0.0932. The van der Waals surface area contributed by atoms with Gasteiger partial charge < -0.3 is 15.4 Å². The van der Waals surface area contributed by atoms with Gasteiger partial charge in [-0.2, -0.15) is 0 Å². The highest BCUT2D eigenvalue weighted by Crippen LogP contribution is 2.22. The maximum absolute atomic E-state index is 13.4. The van der Waals surface area contributed by atoms with E-state index in [0.717, 1.165) is 12.1 Å². The number of carbonyl (C=O) groups excluding carboxylic acids is 2. The van der Waals surface area contributed by atoms with Crippen molar-refractivity contribution in [2.24, 2.45) is 0 Å². The van der Waals surface area contributed by atoms with Gasteiger partial charge in [0.15, 0.2) is 0 Å². The van der Waals surface area contributed by atoms with Crippen LogP contribution in [0.4, 0.5) is 15.9 Å². The van der Waals surface area contributed by atoms with E-state index in [4.69, 9.17) is 0 Å². The first kappa shape index (κ1) is 18.9. The molecule has 0 unspecified atom stereocenters. The van der Waals surface area contributed by atoms with E-state index >= 15 is 0 Å². The lowest BCUT2D eigenvalue weighted by Crippen LogP contribution is -2.13. The van der Waals surface area contributed by atoms with Crippen LogP contribution in [0.5, 0.6) is 0 Å². The molecule has 0 aliphatic heterocycles. The van der Waals surface area contributed by atoms with Gasteiger partial charge in [-0.05, 0) is 58.4 Å². The Morgan fingerprint density at radius 2 is 1.87 bits per heavy atom. The van der Waals surface area contributed by atoms with Gasteiger partial charge in [-0.15, -0.1) is 0 Å². The van der Waals surface area contributed by atoms with Gasteiger partial charge in [0, 0.05) is 28.9 Å². The number of hydrogen-bond donors (Lipinski definition) is 1. The maximum atomic E-state index is 13.4. The van der Waals surface area contributed by atoms with Gasteiger partial charge >= 0.3 is 5.82 Å². The zero-order valence-electron chi connectivity index (χ0n) is 15.3. The first-order valence-corrected chi connectivity index (χ1v) is 8.75. The summed E-state index contributed by atoms with van der Waals surface area (Å²) in [6, 6.07) is 14.5. The monoisotopic (exact) mass is 404 g/mol. The molecule has 0 bridgehead atoms. The van der Waals surface area contributed by atoms with Crippen LogP contribution >= 0.6 is 0 Å². The van der Waals surface area contributed by atoms with Crippen LogP contribution in [-0.2, 0) is 0 Å². The van der Waals surface area contributed by atoms with E-state index in [9.17, 15) is 24.1 Å². The van der Waals surface area contributed by atoms with Crippen molar-refractivity contribution in [1.82, 2.24) is 9.55 Å². The van der Waals surface area contributed by atoms with Crippen molar-refractivity contribution in [2.45, 2.75) is 0 Å². The van der Waals surface area contributed by atoms with Crippen molar-refractivity contribution in [1.29, 1.82) is 0 Å². The summed E-state index contributed by atoms with van der Waals surface area (Å²) in [4.78, 5) is 38.8. The molecule has 148 valence electrons. The molecule has 0 fully saturated rings. The van der Waals surface area contributed by atoms with E-state index in [1.54, 1.807) is 30.5 Å². The third-order valence-electron chi connectivity index (χ3n) is 4.43. The van der Waals surface area contributed by atoms with Crippen LogP contribution in [0, 0.1) is 15.9 Å². The fourth-order valence-corrected chi connectivity index (χ4v) is 3.02. The van der Waals surface area contributed by atoms with Gasteiger partial charge in [0.25, 0.3) is 11.8 Å². The van der Waals surface area contributed by atoms with Gasteiger partial charge in [0.2, 0.25) is 0 Å². The van der Waals surface area contributed by atoms with Crippen molar-refractivity contribution in [3.05, 3.63) is 100 Å². The summed E-state index contributed by atoms with van der Waals surface area (Å²) in [6.45, 7) is 0. The molecule has 2 aromatic carbocycles. The highest BCUT2D eigenvalue weighted by molar-refractivity contribution is 6.06. The molecule has 0 spiro atoms. The largest absolute Gasteiger partial charge is 0.364 e. The molecular weight excluding hydrogens is 391 g/mol. The Labute approximate surface area is 168 Å². The molecule has 4 aromatic rings. The molecule has 9 heteroatoms. The van der Waals surface area contributed by atoms with E-state index in [0.29, 0.717) is 16.6 Å². The number of pyridine rings is 1. The molecule has 0 aliphatic rings. The molecule has 0 radical (unpaired) electrons. The maximum Gasteiger partial charge on any atom is 0.364 e. The molecule has 1 amide bonds. The highest BCUT2D eigenvalue weighted by atomic mass is 19.1. The molecular formula is C21H13FN4O4. The predicted octanol–water partition coefficient (Wildman–Crippen LogP) is 4.02. The molecule has 4 rings (SSSR count). The Bertz CT molecular complexity index is 1320. The third kappa shape index (κ3) is 3.63. The van der Waals surface area contributed by atoms with Gasteiger partial charge in [0.1, 0.15) is 12.0 Å². The number of carbonyl (C=O) groups is 2. The number of nitrogens with one attached hydrogen (secondary N) is 1. The summed E-state index contributed by atoms with van der Waals surface area (Å²) in [5, 5.41) is 14.2. The Morgan fingerprint density at radius 1 is 1.03 bits per heavy atom. The first-order valence-electron chi connectivity index (χ1n) is 8.75. The number of benzene rings is 2. The summed E-state index contributed by atoms with van der Waals surface area (Å²) in [5.74, 6) is -1.84. The Morgan fingerprint density at radius 3 is 2.63 bits per heavy atom. The van der Waals surface area contributed by atoms with E-state index < -0.39 is 22.5 Å². The van der Waals surface area contributed by atoms with Gasteiger partial charge in [-0.1, -0.05) is 6.07 Å². The normalized spacial score (nSPS) is 10.7. The van der Waals surface area contributed by atoms with Crippen LogP contribution in [0.25, 0.3) is 10.9 Å². The van der Waals surface area contributed by atoms with Crippen LogP contribution in [0.3, 0.4) is 0 Å². The number of amides is 1. The average molecular weight is 404 g/mol. The van der Waals surface area contributed by atoms with Gasteiger partial charge in [-0.25, -0.2) is 4.39 Å². The van der Waals surface area contributed by atoms with Crippen molar-refractivity contribution in [3.63, 3.8) is 0 Å². The first-order chi connectivity index (χ1) is 14.4. The number of fused-ring (bicyclic) bond motifs is 1. The second-order valence-electron chi connectivity index (χ2n) is 6.39. The molecule has 0 saturated heterocycles.